The van der Waals surface area contributed by atoms with Gasteiger partial charge >= 0.3 is 0 Å². The zero-order valence-electron chi connectivity index (χ0n) is 16.6. The summed E-state index contributed by atoms with van der Waals surface area (Å²) in [5, 5.41) is 12.6. The number of anilines is 2. The Morgan fingerprint density at radius 2 is 1.83 bits per heavy atom. The summed E-state index contributed by atoms with van der Waals surface area (Å²) in [5.41, 5.74) is 6.56. The van der Waals surface area contributed by atoms with Gasteiger partial charge in [0, 0.05) is 18.8 Å². The Balaban J connectivity index is 1.52. The summed E-state index contributed by atoms with van der Waals surface area (Å²) in [6.45, 7) is 0. The SMILES string of the molecule is Cn1c(=O)cc(Nc2cccc(-c3ccc(C4CC4)cc3)c2)c2nc(C#N)ccc21. The van der Waals surface area contributed by atoms with Crippen LogP contribution >= 0.6 is 0 Å². The summed E-state index contributed by atoms with van der Waals surface area (Å²) < 4.78 is 1.53. The Kier molecular flexibility index (Phi) is 4.33. The second-order valence-corrected chi connectivity index (χ2v) is 7.73. The first-order valence-electron chi connectivity index (χ1n) is 10.0. The number of fused-ring (bicyclic) bond motifs is 1. The summed E-state index contributed by atoms with van der Waals surface area (Å²) in [6.07, 6.45) is 2.59. The molecule has 0 radical (unpaired) electrons. The van der Waals surface area contributed by atoms with E-state index in [0.717, 1.165) is 22.7 Å². The van der Waals surface area contributed by atoms with Gasteiger partial charge in [0.05, 0.1) is 11.2 Å². The van der Waals surface area contributed by atoms with E-state index in [1.54, 1.807) is 19.2 Å². The minimum atomic E-state index is -0.136. The smallest absolute Gasteiger partial charge is 0.252 e. The maximum Gasteiger partial charge on any atom is 0.252 e. The second-order valence-electron chi connectivity index (χ2n) is 7.73. The van der Waals surface area contributed by atoms with E-state index < -0.39 is 0 Å². The van der Waals surface area contributed by atoms with Crippen LogP contribution in [0, 0.1) is 11.3 Å². The largest absolute Gasteiger partial charge is 0.354 e. The zero-order chi connectivity index (χ0) is 20.7. The van der Waals surface area contributed by atoms with Crippen LogP contribution in [0.15, 0.2) is 71.5 Å². The van der Waals surface area contributed by atoms with Crippen molar-refractivity contribution < 1.29 is 0 Å². The molecule has 2 heterocycles. The van der Waals surface area contributed by atoms with Gasteiger partial charge in [-0.05, 0) is 59.7 Å². The van der Waals surface area contributed by atoms with Crippen LogP contribution in [-0.4, -0.2) is 9.55 Å². The van der Waals surface area contributed by atoms with E-state index >= 15 is 0 Å². The third-order valence-electron chi connectivity index (χ3n) is 5.64. The summed E-state index contributed by atoms with van der Waals surface area (Å²) in [6, 6.07) is 23.8. The Labute approximate surface area is 174 Å². The summed E-state index contributed by atoms with van der Waals surface area (Å²) in [7, 11) is 1.70. The fourth-order valence-corrected chi connectivity index (χ4v) is 3.78. The number of nitrogens with zero attached hydrogens (tertiary/aromatic N) is 3. The van der Waals surface area contributed by atoms with Gasteiger partial charge in [-0.3, -0.25) is 4.79 Å². The molecule has 4 aromatic rings. The molecule has 146 valence electrons. The first kappa shape index (κ1) is 18.1. The molecule has 30 heavy (non-hydrogen) atoms. The first-order chi connectivity index (χ1) is 14.6. The predicted octanol–water partition coefficient (Wildman–Crippen LogP) is 5.09. The van der Waals surface area contributed by atoms with Gasteiger partial charge in [0.25, 0.3) is 5.56 Å². The Morgan fingerprint density at radius 1 is 1.03 bits per heavy atom. The lowest BCUT2D eigenvalue weighted by atomic mass is 10.0. The topological polar surface area (TPSA) is 70.7 Å². The molecule has 5 nitrogen and oxygen atoms in total. The summed E-state index contributed by atoms with van der Waals surface area (Å²) >= 11 is 0. The van der Waals surface area contributed by atoms with Crippen LogP contribution in [0.5, 0.6) is 0 Å². The molecule has 0 saturated heterocycles. The van der Waals surface area contributed by atoms with Crippen LogP contribution in [0.4, 0.5) is 11.4 Å². The molecule has 1 fully saturated rings. The van der Waals surface area contributed by atoms with Crippen LogP contribution in [0.3, 0.4) is 0 Å². The molecule has 0 aliphatic heterocycles. The molecule has 1 saturated carbocycles. The molecule has 1 aliphatic carbocycles. The summed E-state index contributed by atoms with van der Waals surface area (Å²) in [5.74, 6) is 0.742. The second kappa shape index (κ2) is 7.16. The van der Waals surface area contributed by atoms with Gasteiger partial charge in [0.15, 0.2) is 0 Å². The number of benzene rings is 2. The van der Waals surface area contributed by atoms with E-state index in [4.69, 9.17) is 0 Å². The first-order valence-corrected chi connectivity index (χ1v) is 10.0. The van der Waals surface area contributed by atoms with Gasteiger partial charge < -0.3 is 9.88 Å². The Morgan fingerprint density at radius 3 is 2.57 bits per heavy atom. The highest BCUT2D eigenvalue weighted by atomic mass is 16.1. The highest BCUT2D eigenvalue weighted by Gasteiger charge is 2.23. The monoisotopic (exact) mass is 392 g/mol. The predicted molar refractivity (Wildman–Crippen MR) is 119 cm³/mol. The van der Waals surface area contributed by atoms with Crippen molar-refractivity contribution >= 4 is 22.4 Å². The van der Waals surface area contributed by atoms with E-state index in [1.807, 2.05) is 12.1 Å². The van der Waals surface area contributed by atoms with Gasteiger partial charge in [0.2, 0.25) is 0 Å². The van der Waals surface area contributed by atoms with Crippen LogP contribution < -0.4 is 10.9 Å². The van der Waals surface area contributed by atoms with Crippen molar-refractivity contribution in [3.8, 4) is 17.2 Å². The maximum absolute atomic E-state index is 12.4. The van der Waals surface area contributed by atoms with Crippen LogP contribution in [-0.2, 0) is 7.05 Å². The number of nitriles is 1. The quantitative estimate of drug-likeness (QED) is 0.525. The van der Waals surface area contributed by atoms with E-state index in [2.05, 4.69) is 52.8 Å². The standard InChI is InChI=1S/C25H20N4O/c1-29-23-12-11-21(15-26)28-25(23)22(14-24(29)30)27-20-4-2-3-19(13-20)18-9-7-17(8-10-18)16-5-6-16/h2-4,7-14,16,27H,5-6H2,1H3. The Bertz CT molecular complexity index is 1360. The lowest BCUT2D eigenvalue weighted by Crippen LogP contribution is -2.17. The average molecular weight is 392 g/mol. The molecule has 0 unspecified atom stereocenters. The van der Waals surface area contributed by atoms with E-state index in [9.17, 15) is 10.1 Å². The number of hydrogen-bond acceptors (Lipinski definition) is 4. The summed E-state index contributed by atoms with van der Waals surface area (Å²) in [4.78, 5) is 16.8. The van der Waals surface area contributed by atoms with Gasteiger partial charge in [-0.15, -0.1) is 0 Å². The van der Waals surface area contributed by atoms with Crippen molar-refractivity contribution in [2.45, 2.75) is 18.8 Å². The van der Waals surface area contributed by atoms with E-state index in [0.29, 0.717) is 22.4 Å². The van der Waals surface area contributed by atoms with Gasteiger partial charge in [-0.2, -0.15) is 5.26 Å². The van der Waals surface area contributed by atoms with Crippen molar-refractivity contribution in [2.75, 3.05) is 5.32 Å². The fourth-order valence-electron chi connectivity index (χ4n) is 3.78. The number of rotatable bonds is 4. The zero-order valence-corrected chi connectivity index (χ0v) is 16.6. The molecular formula is C25H20N4O. The number of hydrogen-bond donors (Lipinski definition) is 1. The van der Waals surface area contributed by atoms with Crippen molar-refractivity contribution in [3.05, 3.63) is 88.3 Å². The van der Waals surface area contributed by atoms with E-state index in [-0.39, 0.29) is 5.56 Å². The van der Waals surface area contributed by atoms with Crippen LogP contribution in [0.1, 0.15) is 30.0 Å². The van der Waals surface area contributed by atoms with Crippen molar-refractivity contribution in [1.29, 1.82) is 5.26 Å². The van der Waals surface area contributed by atoms with E-state index in [1.165, 1.54) is 29.0 Å². The molecular weight excluding hydrogens is 372 g/mol. The molecule has 0 atom stereocenters. The molecule has 0 spiro atoms. The number of aryl methyl sites for hydroxylation is 1. The van der Waals surface area contributed by atoms with Crippen molar-refractivity contribution in [3.63, 3.8) is 0 Å². The third-order valence-corrected chi connectivity index (χ3v) is 5.64. The minimum absolute atomic E-state index is 0.136. The van der Waals surface area contributed by atoms with Gasteiger partial charge in [-0.25, -0.2) is 4.98 Å². The van der Waals surface area contributed by atoms with Crippen LogP contribution in [0.25, 0.3) is 22.2 Å². The normalized spacial score (nSPS) is 13.2. The molecule has 0 bridgehead atoms. The molecule has 1 N–H and O–H groups in total. The van der Waals surface area contributed by atoms with Gasteiger partial charge in [-0.1, -0.05) is 36.4 Å². The molecule has 2 aromatic carbocycles. The van der Waals surface area contributed by atoms with Crippen molar-refractivity contribution in [1.82, 2.24) is 9.55 Å². The highest BCUT2D eigenvalue weighted by Crippen LogP contribution is 2.40. The third kappa shape index (κ3) is 3.33. The Hall–Kier alpha value is -3.91. The minimum Gasteiger partial charge on any atom is -0.354 e. The maximum atomic E-state index is 12.4. The number of nitrogens with one attached hydrogen (secondary N) is 1. The molecule has 5 heteroatoms. The van der Waals surface area contributed by atoms with Crippen LogP contribution in [0.2, 0.25) is 0 Å². The average Bonchev–Trinajstić information content (AvgIpc) is 3.63. The highest BCUT2D eigenvalue weighted by molar-refractivity contribution is 5.90. The number of aromatic nitrogens is 2. The molecule has 2 aromatic heterocycles. The van der Waals surface area contributed by atoms with Gasteiger partial charge in [0.1, 0.15) is 17.3 Å². The molecule has 0 amide bonds. The lowest BCUT2D eigenvalue weighted by molar-refractivity contribution is 0.903. The molecule has 5 rings (SSSR count). The fraction of sp³-hybridized carbons (Fsp3) is 0.160. The number of pyridine rings is 2. The lowest BCUT2D eigenvalue weighted by Gasteiger charge is -2.13. The molecule has 1 aliphatic rings. The van der Waals surface area contributed by atoms with Crippen molar-refractivity contribution in [2.24, 2.45) is 7.05 Å².